The van der Waals surface area contributed by atoms with Gasteiger partial charge in [-0.2, -0.15) is 0 Å². The molecule has 1 atom stereocenters. The van der Waals surface area contributed by atoms with Crippen molar-refractivity contribution in [3.8, 4) is 5.75 Å². The Morgan fingerprint density at radius 3 is 2.95 bits per heavy atom. The summed E-state index contributed by atoms with van der Waals surface area (Å²) in [7, 11) is 0. The molecule has 2 rings (SSSR count). The number of amides is 1. The largest absolute Gasteiger partial charge is 0.506 e. The van der Waals surface area contributed by atoms with Crippen LogP contribution in [0.5, 0.6) is 5.75 Å². The predicted octanol–water partition coefficient (Wildman–Crippen LogP) is 3.38. The number of phenolic OH excluding ortho intramolecular Hbond substituents is 1. The van der Waals surface area contributed by atoms with Crippen LogP contribution in [0.25, 0.3) is 0 Å². The van der Waals surface area contributed by atoms with Crippen molar-refractivity contribution < 1.29 is 9.90 Å². The monoisotopic (exact) mass is 296 g/mol. The smallest absolute Gasteiger partial charge is 0.251 e. The van der Waals surface area contributed by atoms with Crippen molar-refractivity contribution in [2.75, 3.05) is 0 Å². The maximum atomic E-state index is 12.1. The van der Waals surface area contributed by atoms with Crippen LogP contribution >= 0.6 is 22.9 Å². The summed E-state index contributed by atoms with van der Waals surface area (Å²) in [5, 5.41) is 15.1. The summed E-state index contributed by atoms with van der Waals surface area (Å²) in [6, 6.07) is 4.27. The van der Waals surface area contributed by atoms with E-state index in [2.05, 4.69) is 10.3 Å². The summed E-state index contributed by atoms with van der Waals surface area (Å²) >= 11 is 7.29. The van der Waals surface area contributed by atoms with E-state index in [1.165, 1.54) is 29.5 Å². The summed E-state index contributed by atoms with van der Waals surface area (Å²) in [6.45, 7) is 1.98. The van der Waals surface area contributed by atoms with E-state index >= 15 is 0 Å². The van der Waals surface area contributed by atoms with Crippen LogP contribution < -0.4 is 5.32 Å². The lowest BCUT2D eigenvalue weighted by Crippen LogP contribution is -2.28. The van der Waals surface area contributed by atoms with Gasteiger partial charge in [-0.05, 0) is 24.6 Å². The van der Waals surface area contributed by atoms with Gasteiger partial charge < -0.3 is 10.4 Å². The van der Waals surface area contributed by atoms with Crippen molar-refractivity contribution in [2.24, 2.45) is 0 Å². The lowest BCUT2D eigenvalue weighted by Gasteiger charge is -2.14. The molecule has 0 saturated heterocycles. The first-order valence-corrected chi connectivity index (χ1v) is 7.06. The van der Waals surface area contributed by atoms with Crippen molar-refractivity contribution in [1.29, 1.82) is 0 Å². The molecule has 0 aliphatic heterocycles. The molecule has 0 saturated carbocycles. The minimum Gasteiger partial charge on any atom is -0.506 e. The Kier molecular flexibility index (Phi) is 4.39. The first-order valence-electron chi connectivity index (χ1n) is 5.80. The summed E-state index contributed by atoms with van der Waals surface area (Å²) in [5.74, 6) is -0.269. The standard InChI is InChI=1S/C13H13ClN2O2S/c1-2-10(13-15-5-6-19-13)16-12(18)8-3-4-11(17)9(14)7-8/h3-7,10,17H,2H2,1H3,(H,16,18). The number of phenols is 1. The number of hydrogen-bond acceptors (Lipinski definition) is 4. The SMILES string of the molecule is CCC(NC(=O)c1ccc(O)c(Cl)c1)c1nccs1. The number of benzene rings is 1. The number of thiazole rings is 1. The molecule has 0 spiro atoms. The number of carbonyl (C=O) groups excluding carboxylic acids is 1. The number of aromatic hydroxyl groups is 1. The highest BCUT2D eigenvalue weighted by molar-refractivity contribution is 7.09. The van der Waals surface area contributed by atoms with Gasteiger partial charge in [0, 0.05) is 17.1 Å². The Morgan fingerprint density at radius 1 is 1.58 bits per heavy atom. The molecule has 1 aromatic heterocycles. The second kappa shape index (κ2) is 6.04. The van der Waals surface area contributed by atoms with E-state index in [1.807, 2.05) is 12.3 Å². The maximum absolute atomic E-state index is 12.1. The zero-order chi connectivity index (χ0) is 13.8. The van der Waals surface area contributed by atoms with Crippen LogP contribution in [-0.4, -0.2) is 16.0 Å². The molecule has 19 heavy (non-hydrogen) atoms. The molecule has 6 heteroatoms. The molecule has 0 fully saturated rings. The number of hydrogen-bond donors (Lipinski definition) is 2. The predicted molar refractivity (Wildman–Crippen MR) is 75.7 cm³/mol. The van der Waals surface area contributed by atoms with E-state index in [0.717, 1.165) is 11.4 Å². The highest BCUT2D eigenvalue weighted by Gasteiger charge is 2.16. The lowest BCUT2D eigenvalue weighted by molar-refractivity contribution is 0.0935. The Labute approximate surface area is 120 Å². The molecule has 1 amide bonds. The normalized spacial score (nSPS) is 12.1. The van der Waals surface area contributed by atoms with Crippen molar-refractivity contribution in [2.45, 2.75) is 19.4 Å². The fraction of sp³-hybridized carbons (Fsp3) is 0.231. The zero-order valence-corrected chi connectivity index (χ0v) is 11.8. The minimum absolute atomic E-state index is 0.0369. The number of nitrogens with zero attached hydrogens (tertiary/aromatic N) is 1. The third-order valence-electron chi connectivity index (χ3n) is 2.67. The molecule has 2 N–H and O–H groups in total. The van der Waals surface area contributed by atoms with Gasteiger partial charge in [0.25, 0.3) is 5.91 Å². The molecular formula is C13H13ClN2O2S. The molecule has 4 nitrogen and oxygen atoms in total. The topological polar surface area (TPSA) is 62.2 Å². The molecule has 100 valence electrons. The van der Waals surface area contributed by atoms with Gasteiger partial charge in [0.1, 0.15) is 10.8 Å². The van der Waals surface area contributed by atoms with Crippen LogP contribution in [0.2, 0.25) is 5.02 Å². The Hall–Kier alpha value is -1.59. The van der Waals surface area contributed by atoms with Gasteiger partial charge in [-0.3, -0.25) is 4.79 Å². The van der Waals surface area contributed by atoms with Crippen molar-refractivity contribution in [1.82, 2.24) is 10.3 Å². The van der Waals surface area contributed by atoms with Crippen molar-refractivity contribution in [3.05, 3.63) is 45.4 Å². The van der Waals surface area contributed by atoms with Gasteiger partial charge in [0.2, 0.25) is 0 Å². The van der Waals surface area contributed by atoms with Crippen LogP contribution in [0, 0.1) is 0 Å². The third-order valence-corrected chi connectivity index (χ3v) is 3.86. The van der Waals surface area contributed by atoms with E-state index in [0.29, 0.717) is 5.56 Å². The lowest BCUT2D eigenvalue weighted by atomic mass is 10.1. The Bertz CT molecular complexity index is 572. The zero-order valence-electron chi connectivity index (χ0n) is 10.3. The third kappa shape index (κ3) is 3.24. The molecule has 0 radical (unpaired) electrons. The minimum atomic E-state index is -0.232. The van der Waals surface area contributed by atoms with E-state index < -0.39 is 0 Å². The maximum Gasteiger partial charge on any atom is 0.251 e. The average Bonchev–Trinajstić information content (AvgIpc) is 2.92. The first kappa shape index (κ1) is 13.8. The van der Waals surface area contributed by atoms with E-state index in [1.54, 1.807) is 6.20 Å². The number of carbonyl (C=O) groups is 1. The van der Waals surface area contributed by atoms with Crippen LogP contribution in [0.3, 0.4) is 0 Å². The first-order chi connectivity index (χ1) is 9.11. The molecular weight excluding hydrogens is 284 g/mol. The van der Waals surface area contributed by atoms with Gasteiger partial charge in [-0.1, -0.05) is 18.5 Å². The van der Waals surface area contributed by atoms with Crippen molar-refractivity contribution >= 4 is 28.8 Å². The number of rotatable bonds is 4. The van der Waals surface area contributed by atoms with Gasteiger partial charge in [-0.15, -0.1) is 11.3 Å². The highest BCUT2D eigenvalue weighted by atomic mass is 35.5. The summed E-state index contributed by atoms with van der Waals surface area (Å²) in [6.07, 6.45) is 2.47. The quantitative estimate of drug-likeness (QED) is 0.909. The second-order valence-electron chi connectivity index (χ2n) is 3.97. The van der Waals surface area contributed by atoms with E-state index in [9.17, 15) is 9.90 Å². The number of halogens is 1. The highest BCUT2D eigenvalue weighted by Crippen LogP contribution is 2.24. The van der Waals surface area contributed by atoms with Gasteiger partial charge in [0.15, 0.2) is 0 Å². The van der Waals surface area contributed by atoms with Crippen LogP contribution in [0.4, 0.5) is 0 Å². The Morgan fingerprint density at radius 2 is 2.37 bits per heavy atom. The number of aromatic nitrogens is 1. The molecule has 1 heterocycles. The second-order valence-corrected chi connectivity index (χ2v) is 5.30. The molecule has 1 aromatic carbocycles. The average molecular weight is 297 g/mol. The molecule has 0 aliphatic rings. The van der Waals surface area contributed by atoms with E-state index in [4.69, 9.17) is 11.6 Å². The van der Waals surface area contributed by atoms with Crippen LogP contribution in [-0.2, 0) is 0 Å². The molecule has 2 aromatic rings. The molecule has 0 bridgehead atoms. The fourth-order valence-electron chi connectivity index (χ4n) is 1.63. The summed E-state index contributed by atoms with van der Waals surface area (Å²) in [4.78, 5) is 16.3. The molecule has 1 unspecified atom stereocenters. The fourth-order valence-corrected chi connectivity index (χ4v) is 2.59. The van der Waals surface area contributed by atoms with Gasteiger partial charge in [-0.25, -0.2) is 4.98 Å². The van der Waals surface area contributed by atoms with Crippen LogP contribution in [0.1, 0.15) is 34.8 Å². The van der Waals surface area contributed by atoms with Crippen molar-refractivity contribution in [3.63, 3.8) is 0 Å². The van der Waals surface area contributed by atoms with Crippen LogP contribution in [0.15, 0.2) is 29.8 Å². The summed E-state index contributed by atoms with van der Waals surface area (Å²) < 4.78 is 0. The van der Waals surface area contributed by atoms with E-state index in [-0.39, 0.29) is 22.7 Å². The summed E-state index contributed by atoms with van der Waals surface area (Å²) in [5.41, 5.74) is 0.415. The number of nitrogens with one attached hydrogen (secondary N) is 1. The Balaban J connectivity index is 2.13. The molecule has 0 aliphatic carbocycles. The van der Waals surface area contributed by atoms with Gasteiger partial charge in [0.05, 0.1) is 11.1 Å². The van der Waals surface area contributed by atoms with Gasteiger partial charge >= 0.3 is 0 Å².